The molecule has 0 N–H and O–H groups in total. The average molecular weight is 349 g/mol. The van der Waals surface area contributed by atoms with Gasteiger partial charge < -0.3 is 9.16 Å². The molecule has 3 nitrogen and oxygen atoms in total. The van der Waals surface area contributed by atoms with Gasteiger partial charge in [0, 0.05) is 11.7 Å². The van der Waals surface area contributed by atoms with E-state index in [4.69, 9.17) is 9.16 Å². The van der Waals surface area contributed by atoms with Crippen LogP contribution >= 0.6 is 0 Å². The predicted molar refractivity (Wildman–Crippen MR) is 101 cm³/mol. The molecule has 0 saturated heterocycles. The summed E-state index contributed by atoms with van der Waals surface area (Å²) in [6.45, 7) is 12.3. The van der Waals surface area contributed by atoms with Gasteiger partial charge in [-0.3, -0.25) is 4.79 Å². The molecule has 0 atom stereocenters. The molecule has 134 valence electrons. The average Bonchev–Trinajstić information content (AvgIpc) is 2.53. The van der Waals surface area contributed by atoms with Crippen molar-refractivity contribution >= 4 is 14.6 Å². The minimum Gasteiger partial charge on any atom is -0.493 e. The van der Waals surface area contributed by atoms with Crippen molar-refractivity contribution < 1.29 is 14.0 Å². The number of hydrogen-bond acceptors (Lipinski definition) is 3. The molecule has 0 radical (unpaired) electrons. The Bertz CT molecular complexity index is 523. The van der Waals surface area contributed by atoms with E-state index < -0.39 is 8.32 Å². The maximum absolute atomic E-state index is 10.7. The van der Waals surface area contributed by atoms with E-state index in [1.165, 1.54) is 12.8 Å². The molecule has 4 heteroatoms. The largest absolute Gasteiger partial charge is 0.493 e. The summed E-state index contributed by atoms with van der Waals surface area (Å²) in [5, 5.41) is 0.278. The minimum atomic E-state index is -1.65. The molecule has 1 aromatic carbocycles. The molecule has 0 aliphatic heterocycles. The van der Waals surface area contributed by atoms with Crippen molar-refractivity contribution in [3.8, 4) is 5.75 Å². The molecule has 1 aliphatic carbocycles. The first kappa shape index (κ1) is 19.2. The van der Waals surface area contributed by atoms with Gasteiger partial charge in [-0.05, 0) is 74.0 Å². The molecular weight excluding hydrogens is 316 g/mol. The number of aldehydes is 1. The van der Waals surface area contributed by atoms with Crippen LogP contribution in [0.1, 0.15) is 56.8 Å². The molecule has 0 aromatic heterocycles. The lowest BCUT2D eigenvalue weighted by molar-refractivity contribution is 0.0986. The highest BCUT2D eigenvalue weighted by Gasteiger charge is 2.39. The summed E-state index contributed by atoms with van der Waals surface area (Å²) in [6, 6.07) is 7.34. The SMILES string of the molecule is CC(C)(C)[Si](C)(C)OC1CCC(COc2ccc(C=O)cc2)CC1. The third-order valence-corrected chi connectivity index (χ3v) is 10.1. The van der Waals surface area contributed by atoms with Crippen LogP contribution in [0.2, 0.25) is 18.1 Å². The topological polar surface area (TPSA) is 35.5 Å². The van der Waals surface area contributed by atoms with Crippen molar-refractivity contribution in [2.24, 2.45) is 5.92 Å². The van der Waals surface area contributed by atoms with Crippen molar-refractivity contribution in [2.75, 3.05) is 6.61 Å². The van der Waals surface area contributed by atoms with Crippen LogP contribution in [-0.2, 0) is 4.43 Å². The Balaban J connectivity index is 1.75. The third-order valence-electron chi connectivity index (χ3n) is 5.56. The zero-order valence-corrected chi connectivity index (χ0v) is 16.8. The van der Waals surface area contributed by atoms with E-state index in [-0.39, 0.29) is 5.04 Å². The van der Waals surface area contributed by atoms with E-state index in [1.54, 1.807) is 12.1 Å². The molecule has 0 heterocycles. The van der Waals surface area contributed by atoms with Gasteiger partial charge in [-0.25, -0.2) is 0 Å². The molecular formula is C20H32O3Si. The van der Waals surface area contributed by atoms with Gasteiger partial charge in [-0.15, -0.1) is 0 Å². The van der Waals surface area contributed by atoms with Gasteiger partial charge in [-0.2, -0.15) is 0 Å². The number of rotatable bonds is 6. The maximum Gasteiger partial charge on any atom is 0.192 e. The van der Waals surface area contributed by atoms with Crippen molar-refractivity contribution in [1.29, 1.82) is 0 Å². The van der Waals surface area contributed by atoms with Crippen LogP contribution in [0.15, 0.2) is 24.3 Å². The molecule has 2 rings (SSSR count). The summed E-state index contributed by atoms with van der Waals surface area (Å²) < 4.78 is 12.4. The Morgan fingerprint density at radius 2 is 1.67 bits per heavy atom. The van der Waals surface area contributed by atoms with Crippen molar-refractivity contribution in [1.82, 2.24) is 0 Å². The van der Waals surface area contributed by atoms with Crippen LogP contribution in [-0.4, -0.2) is 27.3 Å². The fourth-order valence-electron chi connectivity index (χ4n) is 2.87. The lowest BCUT2D eigenvalue weighted by atomic mass is 9.88. The van der Waals surface area contributed by atoms with Gasteiger partial charge in [0.05, 0.1) is 6.61 Å². The Morgan fingerprint density at radius 3 is 2.17 bits per heavy atom. The highest BCUT2D eigenvalue weighted by molar-refractivity contribution is 6.74. The molecule has 1 fully saturated rings. The standard InChI is InChI=1S/C20H32O3Si/c1-20(2,3)24(4,5)23-19-12-8-17(9-13-19)15-22-18-10-6-16(14-21)7-11-18/h6-7,10-11,14,17,19H,8-9,12-13,15H2,1-5H3. The van der Waals surface area contributed by atoms with Gasteiger partial charge in [0.2, 0.25) is 0 Å². The summed E-state index contributed by atoms with van der Waals surface area (Å²) in [6.07, 6.45) is 5.91. The number of carbonyl (C=O) groups excluding carboxylic acids is 1. The Labute approximate surface area is 147 Å². The van der Waals surface area contributed by atoms with Crippen LogP contribution < -0.4 is 4.74 Å². The number of hydrogen-bond donors (Lipinski definition) is 0. The lowest BCUT2D eigenvalue weighted by Crippen LogP contribution is -2.44. The third kappa shape index (κ3) is 5.18. The van der Waals surface area contributed by atoms with Crippen LogP contribution in [0.4, 0.5) is 0 Å². The van der Waals surface area contributed by atoms with Crippen LogP contribution in [0.3, 0.4) is 0 Å². The van der Waals surface area contributed by atoms with Crippen molar-refractivity contribution in [2.45, 2.75) is 70.7 Å². The zero-order chi connectivity index (χ0) is 17.8. The first-order valence-corrected chi connectivity index (χ1v) is 12.0. The quantitative estimate of drug-likeness (QED) is 0.506. The molecule has 24 heavy (non-hydrogen) atoms. The highest BCUT2D eigenvalue weighted by Crippen LogP contribution is 2.39. The van der Waals surface area contributed by atoms with Gasteiger partial charge >= 0.3 is 0 Å². The second-order valence-electron chi connectivity index (χ2n) is 8.52. The molecule has 0 amide bonds. The fraction of sp³-hybridized carbons (Fsp3) is 0.650. The molecule has 0 unspecified atom stereocenters. The monoisotopic (exact) mass is 348 g/mol. The maximum atomic E-state index is 10.7. The number of ether oxygens (including phenoxy) is 1. The van der Waals surface area contributed by atoms with E-state index in [2.05, 4.69) is 33.9 Å². The summed E-state index contributed by atoms with van der Waals surface area (Å²) >= 11 is 0. The van der Waals surface area contributed by atoms with Crippen LogP contribution in [0.25, 0.3) is 0 Å². The Morgan fingerprint density at radius 1 is 1.08 bits per heavy atom. The second kappa shape index (κ2) is 7.83. The lowest BCUT2D eigenvalue weighted by Gasteiger charge is -2.41. The Hall–Kier alpha value is -1.13. The summed E-state index contributed by atoms with van der Waals surface area (Å²) in [4.78, 5) is 10.7. The highest BCUT2D eigenvalue weighted by atomic mass is 28.4. The summed E-state index contributed by atoms with van der Waals surface area (Å²) in [5.41, 5.74) is 0.686. The second-order valence-corrected chi connectivity index (χ2v) is 13.3. The van der Waals surface area contributed by atoms with E-state index in [0.29, 0.717) is 17.6 Å². The van der Waals surface area contributed by atoms with Crippen LogP contribution in [0, 0.1) is 5.92 Å². The first-order valence-electron chi connectivity index (χ1n) is 9.07. The molecule has 1 saturated carbocycles. The minimum absolute atomic E-state index is 0.278. The fourth-order valence-corrected chi connectivity index (χ4v) is 4.29. The molecule has 1 aliphatic rings. The zero-order valence-electron chi connectivity index (χ0n) is 15.8. The van der Waals surface area contributed by atoms with E-state index >= 15 is 0 Å². The van der Waals surface area contributed by atoms with Crippen molar-refractivity contribution in [3.05, 3.63) is 29.8 Å². The predicted octanol–water partition coefficient (Wildman–Crippen LogP) is 5.46. The number of benzene rings is 1. The van der Waals surface area contributed by atoms with Crippen molar-refractivity contribution in [3.63, 3.8) is 0 Å². The van der Waals surface area contributed by atoms with Gasteiger partial charge in [0.1, 0.15) is 12.0 Å². The van der Waals surface area contributed by atoms with Gasteiger partial charge in [0.15, 0.2) is 8.32 Å². The van der Waals surface area contributed by atoms with E-state index in [9.17, 15) is 4.79 Å². The summed E-state index contributed by atoms with van der Waals surface area (Å²) in [7, 11) is -1.65. The van der Waals surface area contributed by atoms with E-state index in [0.717, 1.165) is 31.5 Å². The smallest absolute Gasteiger partial charge is 0.192 e. The van der Waals surface area contributed by atoms with Gasteiger partial charge in [0.25, 0.3) is 0 Å². The van der Waals surface area contributed by atoms with Crippen LogP contribution in [0.5, 0.6) is 5.75 Å². The molecule has 0 spiro atoms. The van der Waals surface area contributed by atoms with E-state index in [1.807, 2.05) is 12.1 Å². The Kier molecular flexibility index (Phi) is 6.26. The molecule has 0 bridgehead atoms. The normalized spacial score (nSPS) is 22.2. The number of carbonyl (C=O) groups is 1. The molecule has 1 aromatic rings. The first-order chi connectivity index (χ1) is 11.2. The summed E-state index contributed by atoms with van der Waals surface area (Å²) in [5.74, 6) is 1.45. The van der Waals surface area contributed by atoms with Gasteiger partial charge in [-0.1, -0.05) is 20.8 Å².